The van der Waals surface area contributed by atoms with Crippen molar-refractivity contribution in [1.29, 1.82) is 0 Å². The molecule has 0 bridgehead atoms. The maximum absolute atomic E-state index is 12.1. The molecule has 1 atom stereocenters. The summed E-state index contributed by atoms with van der Waals surface area (Å²) in [5.74, 6) is 0.0529. The molecular weight excluding hydrogens is 248 g/mol. The Balaban J connectivity index is 2.45. The van der Waals surface area contributed by atoms with E-state index in [1.807, 2.05) is 0 Å². The molecule has 0 unspecified atom stereocenters. The third-order valence-corrected chi connectivity index (χ3v) is 3.08. The number of carbonyl (C=O) groups is 2. The lowest BCUT2D eigenvalue weighted by Gasteiger charge is -2.31. The van der Waals surface area contributed by atoms with Gasteiger partial charge >= 0.3 is 12.0 Å². The van der Waals surface area contributed by atoms with Crippen LogP contribution < -0.4 is 5.32 Å². The first-order valence-corrected chi connectivity index (χ1v) is 6.01. The summed E-state index contributed by atoms with van der Waals surface area (Å²) >= 11 is 0. The number of carbonyl (C=O) groups excluding carboxylic acids is 2. The maximum Gasteiger partial charge on any atom is 0.338 e. The van der Waals surface area contributed by atoms with Gasteiger partial charge in [0.2, 0.25) is 0 Å². The minimum atomic E-state index is -0.613. The molecule has 0 aliphatic carbocycles. The topological polar surface area (TPSA) is 71.8 Å². The van der Waals surface area contributed by atoms with Gasteiger partial charge in [-0.15, -0.1) is 0 Å². The smallest absolute Gasteiger partial charge is 0.338 e. The van der Waals surface area contributed by atoms with Crippen LogP contribution in [0.1, 0.15) is 25.6 Å². The number of nitrogens with zero attached hydrogens (tertiary/aromatic N) is 1. The fraction of sp³-hybridized carbons (Fsp3) is 0.385. The molecule has 6 heteroatoms. The van der Waals surface area contributed by atoms with E-state index in [2.05, 4.69) is 5.32 Å². The van der Waals surface area contributed by atoms with E-state index in [-0.39, 0.29) is 12.6 Å². The second-order valence-corrected chi connectivity index (χ2v) is 4.18. The highest BCUT2D eigenvalue weighted by atomic mass is 16.5. The molecule has 1 aromatic rings. The molecule has 0 saturated heterocycles. The molecule has 2 heterocycles. The van der Waals surface area contributed by atoms with Crippen molar-refractivity contribution in [2.75, 3.05) is 13.7 Å². The van der Waals surface area contributed by atoms with Crippen molar-refractivity contribution in [2.24, 2.45) is 0 Å². The Morgan fingerprint density at radius 1 is 1.58 bits per heavy atom. The van der Waals surface area contributed by atoms with Gasteiger partial charge in [-0.2, -0.15) is 0 Å². The van der Waals surface area contributed by atoms with Crippen LogP contribution in [0.5, 0.6) is 0 Å². The van der Waals surface area contributed by atoms with E-state index >= 15 is 0 Å². The first-order valence-electron chi connectivity index (χ1n) is 6.01. The molecule has 0 radical (unpaired) electrons. The largest absolute Gasteiger partial charge is 0.467 e. The van der Waals surface area contributed by atoms with Crippen molar-refractivity contribution >= 4 is 12.0 Å². The zero-order valence-corrected chi connectivity index (χ0v) is 11.1. The minimum absolute atomic E-state index is 0.276. The molecular formula is C13H16N2O4. The summed E-state index contributed by atoms with van der Waals surface area (Å²) < 4.78 is 10.3. The van der Waals surface area contributed by atoms with Crippen molar-refractivity contribution in [1.82, 2.24) is 10.2 Å². The number of esters is 1. The van der Waals surface area contributed by atoms with E-state index in [4.69, 9.17) is 9.15 Å². The third kappa shape index (κ3) is 2.33. The van der Waals surface area contributed by atoms with Gasteiger partial charge in [0.25, 0.3) is 0 Å². The molecule has 1 aliphatic heterocycles. The van der Waals surface area contributed by atoms with Gasteiger partial charge in [-0.1, -0.05) is 0 Å². The lowest BCUT2D eigenvalue weighted by Crippen LogP contribution is -2.46. The SMILES string of the molecule is CCOC(=O)C1=C(C)N(C)C(=O)N[C@@H]1c1ccco1. The average Bonchev–Trinajstić information content (AvgIpc) is 2.89. The predicted octanol–water partition coefficient (Wildman–Crippen LogP) is 1.81. The summed E-state index contributed by atoms with van der Waals surface area (Å²) in [6, 6.07) is 2.52. The van der Waals surface area contributed by atoms with Gasteiger partial charge in [0.15, 0.2) is 0 Å². The molecule has 1 aliphatic rings. The second kappa shape index (κ2) is 5.17. The second-order valence-electron chi connectivity index (χ2n) is 4.18. The summed E-state index contributed by atoms with van der Waals surface area (Å²) in [5, 5.41) is 2.72. The van der Waals surface area contributed by atoms with Gasteiger partial charge in [-0.05, 0) is 26.0 Å². The van der Waals surface area contributed by atoms with Crippen LogP contribution in [0.15, 0.2) is 34.1 Å². The summed E-state index contributed by atoms with van der Waals surface area (Å²) in [6.45, 7) is 3.72. The van der Waals surface area contributed by atoms with Gasteiger partial charge in [-0.25, -0.2) is 9.59 Å². The Labute approximate surface area is 111 Å². The van der Waals surface area contributed by atoms with Gasteiger partial charge in [0, 0.05) is 12.7 Å². The lowest BCUT2D eigenvalue weighted by atomic mass is 10.0. The molecule has 1 N–H and O–H groups in total. The fourth-order valence-electron chi connectivity index (χ4n) is 1.98. The van der Waals surface area contributed by atoms with Crippen molar-refractivity contribution in [2.45, 2.75) is 19.9 Å². The summed E-state index contributed by atoms with van der Waals surface area (Å²) in [4.78, 5) is 25.3. The minimum Gasteiger partial charge on any atom is -0.467 e. The highest BCUT2D eigenvalue weighted by molar-refractivity contribution is 5.94. The molecule has 2 rings (SSSR count). The van der Waals surface area contributed by atoms with Crippen molar-refractivity contribution in [3.8, 4) is 0 Å². The normalized spacial score (nSPS) is 19.4. The molecule has 2 amide bonds. The van der Waals surface area contributed by atoms with E-state index in [9.17, 15) is 9.59 Å². The first-order chi connectivity index (χ1) is 9.06. The van der Waals surface area contributed by atoms with Crippen LogP contribution in [-0.4, -0.2) is 30.6 Å². The number of amides is 2. The number of hydrogen-bond acceptors (Lipinski definition) is 4. The number of hydrogen-bond donors (Lipinski definition) is 1. The van der Waals surface area contributed by atoms with Crippen molar-refractivity contribution in [3.63, 3.8) is 0 Å². The summed E-state index contributed by atoms with van der Waals surface area (Å²) in [7, 11) is 1.60. The average molecular weight is 264 g/mol. The number of nitrogens with one attached hydrogen (secondary N) is 1. The zero-order valence-electron chi connectivity index (χ0n) is 11.1. The molecule has 102 valence electrons. The quantitative estimate of drug-likeness (QED) is 0.845. The lowest BCUT2D eigenvalue weighted by molar-refractivity contribution is -0.139. The summed E-state index contributed by atoms with van der Waals surface area (Å²) in [6.07, 6.45) is 1.50. The fourth-order valence-corrected chi connectivity index (χ4v) is 1.98. The van der Waals surface area contributed by atoms with Crippen LogP contribution in [-0.2, 0) is 9.53 Å². The maximum atomic E-state index is 12.1. The Hall–Kier alpha value is -2.24. The number of allylic oxidation sites excluding steroid dienone is 1. The highest BCUT2D eigenvalue weighted by Gasteiger charge is 2.36. The van der Waals surface area contributed by atoms with Gasteiger partial charge in [-0.3, -0.25) is 0 Å². The number of urea groups is 1. The van der Waals surface area contributed by atoms with Crippen LogP contribution in [0.3, 0.4) is 0 Å². The Bertz CT molecular complexity index is 519. The molecule has 0 aromatic carbocycles. The monoisotopic (exact) mass is 264 g/mol. The number of rotatable bonds is 3. The first kappa shape index (κ1) is 13.2. The van der Waals surface area contributed by atoms with E-state index in [1.165, 1.54) is 11.2 Å². The third-order valence-electron chi connectivity index (χ3n) is 3.08. The van der Waals surface area contributed by atoms with Crippen LogP contribution in [0.2, 0.25) is 0 Å². The number of furan rings is 1. The van der Waals surface area contributed by atoms with E-state index < -0.39 is 12.0 Å². The molecule has 0 saturated carbocycles. The Morgan fingerprint density at radius 2 is 2.32 bits per heavy atom. The summed E-state index contributed by atoms with van der Waals surface area (Å²) in [5.41, 5.74) is 0.947. The number of ether oxygens (including phenoxy) is 1. The van der Waals surface area contributed by atoms with E-state index in [0.29, 0.717) is 17.0 Å². The Kier molecular flexibility index (Phi) is 3.59. The van der Waals surface area contributed by atoms with Crippen molar-refractivity contribution < 1.29 is 18.7 Å². The molecule has 0 spiro atoms. The van der Waals surface area contributed by atoms with E-state index in [1.54, 1.807) is 33.0 Å². The van der Waals surface area contributed by atoms with Crippen LogP contribution in [0.25, 0.3) is 0 Å². The van der Waals surface area contributed by atoms with Crippen LogP contribution >= 0.6 is 0 Å². The molecule has 1 aromatic heterocycles. The molecule has 19 heavy (non-hydrogen) atoms. The van der Waals surface area contributed by atoms with Crippen LogP contribution in [0.4, 0.5) is 4.79 Å². The molecule has 0 fully saturated rings. The standard InChI is InChI=1S/C13H16N2O4/c1-4-18-12(16)10-8(2)15(3)13(17)14-11(10)9-6-5-7-19-9/h5-7,11H,4H2,1-3H3,(H,14,17)/t11-/m1/s1. The zero-order chi connectivity index (χ0) is 14.0. The molecule has 6 nitrogen and oxygen atoms in total. The van der Waals surface area contributed by atoms with Crippen molar-refractivity contribution in [3.05, 3.63) is 35.4 Å². The predicted molar refractivity (Wildman–Crippen MR) is 67.1 cm³/mol. The van der Waals surface area contributed by atoms with E-state index in [0.717, 1.165) is 0 Å². The van der Waals surface area contributed by atoms with Crippen LogP contribution in [0, 0.1) is 0 Å². The highest BCUT2D eigenvalue weighted by Crippen LogP contribution is 2.30. The van der Waals surface area contributed by atoms with Gasteiger partial charge in [0.05, 0.1) is 18.4 Å². The Morgan fingerprint density at radius 3 is 2.89 bits per heavy atom. The van der Waals surface area contributed by atoms with Gasteiger partial charge in [0.1, 0.15) is 11.8 Å². The van der Waals surface area contributed by atoms with Gasteiger partial charge < -0.3 is 19.4 Å².